The Kier molecular flexibility index (Phi) is 4.04. The zero-order chi connectivity index (χ0) is 12.1. The Labute approximate surface area is 94.0 Å². The molecule has 1 rings (SSSR count). The van der Waals surface area contributed by atoms with Gasteiger partial charge in [-0.3, -0.25) is 10.1 Å². The van der Waals surface area contributed by atoms with Gasteiger partial charge in [0.1, 0.15) is 11.9 Å². The third-order valence-electron chi connectivity index (χ3n) is 2.33. The van der Waals surface area contributed by atoms with Crippen LogP contribution in [0.15, 0.2) is 12.4 Å². The minimum absolute atomic E-state index is 0.355. The smallest absolute Gasteiger partial charge is 0.321 e. The van der Waals surface area contributed by atoms with Crippen LogP contribution in [0.25, 0.3) is 0 Å². The van der Waals surface area contributed by atoms with Crippen LogP contribution >= 0.6 is 0 Å². The van der Waals surface area contributed by atoms with Crippen LogP contribution in [0.3, 0.4) is 0 Å². The number of imide groups is 1. The summed E-state index contributed by atoms with van der Waals surface area (Å²) in [6.07, 6.45) is 4.11. The average Bonchev–Trinajstić information content (AvgIpc) is 2.75. The Morgan fingerprint density at radius 3 is 2.81 bits per heavy atom. The topological polar surface area (TPSA) is 76.0 Å². The summed E-state index contributed by atoms with van der Waals surface area (Å²) in [6.45, 7) is 3.68. The highest BCUT2D eigenvalue weighted by molar-refractivity contribution is 5.95. The molecule has 1 unspecified atom stereocenters. The monoisotopic (exact) mass is 224 g/mol. The zero-order valence-corrected chi connectivity index (χ0v) is 9.65. The number of nitrogens with one attached hydrogen (secondary N) is 2. The number of nitrogens with zero attached hydrogens (tertiary/aromatic N) is 2. The van der Waals surface area contributed by atoms with Gasteiger partial charge >= 0.3 is 6.03 Å². The molecule has 0 fully saturated rings. The second-order valence-corrected chi connectivity index (χ2v) is 3.35. The Bertz CT molecular complexity index is 386. The predicted octanol–water partition coefficient (Wildman–Crippen LogP) is 0.462. The van der Waals surface area contributed by atoms with Gasteiger partial charge < -0.3 is 9.88 Å². The highest BCUT2D eigenvalue weighted by Gasteiger charge is 2.18. The van der Waals surface area contributed by atoms with Crippen LogP contribution in [0.2, 0.25) is 0 Å². The standard InChI is InChI=1S/C10H16N4O2/c1-4-8-12-5-6-14(8)7(2)9(15)13-10(16)11-3/h5-7H,4H2,1-3H3,(H2,11,13,15,16). The molecule has 6 heteroatoms. The molecule has 0 aliphatic carbocycles. The van der Waals surface area contributed by atoms with Crippen LogP contribution in [0.4, 0.5) is 4.79 Å². The Morgan fingerprint density at radius 2 is 2.25 bits per heavy atom. The van der Waals surface area contributed by atoms with E-state index in [4.69, 9.17) is 0 Å². The van der Waals surface area contributed by atoms with Gasteiger partial charge in [0.15, 0.2) is 0 Å². The van der Waals surface area contributed by atoms with Crippen molar-refractivity contribution in [3.8, 4) is 0 Å². The molecule has 0 radical (unpaired) electrons. The Hall–Kier alpha value is -1.85. The van der Waals surface area contributed by atoms with Crippen LogP contribution in [0, 0.1) is 0 Å². The molecule has 16 heavy (non-hydrogen) atoms. The first kappa shape index (κ1) is 12.2. The number of carbonyl (C=O) groups excluding carboxylic acids is 2. The third-order valence-corrected chi connectivity index (χ3v) is 2.33. The Morgan fingerprint density at radius 1 is 1.56 bits per heavy atom. The maximum absolute atomic E-state index is 11.7. The van der Waals surface area contributed by atoms with Crippen LogP contribution < -0.4 is 10.6 Å². The SMILES string of the molecule is CCc1nccn1C(C)C(=O)NC(=O)NC. The lowest BCUT2D eigenvalue weighted by Gasteiger charge is -2.14. The lowest BCUT2D eigenvalue weighted by atomic mass is 10.3. The number of rotatable bonds is 3. The number of urea groups is 1. The molecular formula is C10H16N4O2. The second kappa shape index (κ2) is 5.29. The maximum atomic E-state index is 11.7. The molecule has 0 aliphatic rings. The van der Waals surface area contributed by atoms with Crippen molar-refractivity contribution in [2.24, 2.45) is 0 Å². The van der Waals surface area contributed by atoms with Gasteiger partial charge in [-0.05, 0) is 6.92 Å². The molecule has 88 valence electrons. The first-order valence-electron chi connectivity index (χ1n) is 5.14. The van der Waals surface area contributed by atoms with Gasteiger partial charge in [-0.25, -0.2) is 9.78 Å². The van der Waals surface area contributed by atoms with E-state index in [0.29, 0.717) is 0 Å². The van der Waals surface area contributed by atoms with Gasteiger partial charge in [-0.2, -0.15) is 0 Å². The lowest BCUT2D eigenvalue weighted by molar-refractivity contribution is -0.122. The van der Waals surface area contributed by atoms with Crippen LogP contribution in [-0.2, 0) is 11.2 Å². The first-order valence-corrected chi connectivity index (χ1v) is 5.14. The fourth-order valence-electron chi connectivity index (χ4n) is 1.38. The van der Waals surface area contributed by atoms with E-state index in [9.17, 15) is 9.59 Å². The van der Waals surface area contributed by atoms with E-state index < -0.39 is 12.1 Å². The summed E-state index contributed by atoms with van der Waals surface area (Å²) in [6, 6.07) is -0.954. The normalized spacial score (nSPS) is 11.9. The summed E-state index contributed by atoms with van der Waals surface area (Å²) in [7, 11) is 1.46. The molecule has 0 bridgehead atoms. The fourth-order valence-corrected chi connectivity index (χ4v) is 1.38. The summed E-state index contributed by atoms with van der Waals surface area (Å²) in [5.41, 5.74) is 0. The summed E-state index contributed by atoms with van der Waals surface area (Å²) < 4.78 is 1.75. The summed E-state index contributed by atoms with van der Waals surface area (Å²) in [5.74, 6) is 0.464. The molecular weight excluding hydrogens is 208 g/mol. The molecule has 6 nitrogen and oxygen atoms in total. The number of imidazole rings is 1. The number of carbonyl (C=O) groups is 2. The van der Waals surface area contributed by atoms with E-state index in [0.717, 1.165) is 12.2 Å². The van der Waals surface area contributed by atoms with Crippen molar-refractivity contribution in [1.29, 1.82) is 0 Å². The van der Waals surface area contributed by atoms with Gasteiger partial charge in [-0.15, -0.1) is 0 Å². The molecule has 0 saturated carbocycles. The van der Waals surface area contributed by atoms with E-state index in [2.05, 4.69) is 15.6 Å². The summed E-state index contributed by atoms with van der Waals surface area (Å²) in [4.78, 5) is 26.8. The molecule has 0 spiro atoms. The quantitative estimate of drug-likeness (QED) is 0.783. The number of aryl methyl sites for hydroxylation is 1. The van der Waals surface area contributed by atoms with Gasteiger partial charge in [0, 0.05) is 25.9 Å². The lowest BCUT2D eigenvalue weighted by Crippen LogP contribution is -2.41. The van der Waals surface area contributed by atoms with Crippen molar-refractivity contribution in [2.75, 3.05) is 7.05 Å². The van der Waals surface area contributed by atoms with Gasteiger partial charge in [0.2, 0.25) is 0 Å². The number of aromatic nitrogens is 2. The van der Waals surface area contributed by atoms with Crippen molar-refractivity contribution in [3.05, 3.63) is 18.2 Å². The molecule has 1 atom stereocenters. The maximum Gasteiger partial charge on any atom is 0.321 e. The third kappa shape index (κ3) is 2.59. The van der Waals surface area contributed by atoms with Gasteiger partial charge in [-0.1, -0.05) is 6.92 Å². The van der Waals surface area contributed by atoms with Crippen molar-refractivity contribution >= 4 is 11.9 Å². The molecule has 3 amide bonds. The van der Waals surface area contributed by atoms with E-state index in [1.54, 1.807) is 23.9 Å². The minimum atomic E-state index is -0.505. The molecule has 2 N–H and O–H groups in total. The Balaban J connectivity index is 2.74. The number of amides is 3. The molecule has 1 aromatic rings. The summed E-state index contributed by atoms with van der Waals surface area (Å²) >= 11 is 0. The van der Waals surface area contributed by atoms with E-state index in [1.807, 2.05) is 6.92 Å². The highest BCUT2D eigenvalue weighted by Crippen LogP contribution is 2.09. The van der Waals surface area contributed by atoms with E-state index in [-0.39, 0.29) is 5.91 Å². The van der Waals surface area contributed by atoms with Gasteiger partial charge in [0.05, 0.1) is 0 Å². The van der Waals surface area contributed by atoms with Gasteiger partial charge in [0.25, 0.3) is 5.91 Å². The molecule has 1 heterocycles. The molecule has 0 aliphatic heterocycles. The first-order chi connectivity index (χ1) is 7.60. The minimum Gasteiger partial charge on any atom is -0.341 e. The van der Waals surface area contributed by atoms with Crippen molar-refractivity contribution in [2.45, 2.75) is 26.3 Å². The molecule has 1 aromatic heterocycles. The summed E-state index contributed by atoms with van der Waals surface area (Å²) in [5, 5.41) is 4.56. The van der Waals surface area contributed by atoms with E-state index >= 15 is 0 Å². The highest BCUT2D eigenvalue weighted by atomic mass is 16.2. The van der Waals surface area contributed by atoms with Crippen LogP contribution in [0.5, 0.6) is 0 Å². The zero-order valence-electron chi connectivity index (χ0n) is 9.65. The average molecular weight is 224 g/mol. The number of hydrogen-bond donors (Lipinski definition) is 2. The second-order valence-electron chi connectivity index (χ2n) is 3.35. The van der Waals surface area contributed by atoms with E-state index in [1.165, 1.54) is 7.05 Å². The molecule has 0 aromatic carbocycles. The number of hydrogen-bond acceptors (Lipinski definition) is 3. The van der Waals surface area contributed by atoms with Crippen molar-refractivity contribution in [3.63, 3.8) is 0 Å². The largest absolute Gasteiger partial charge is 0.341 e. The van der Waals surface area contributed by atoms with Crippen LogP contribution in [0.1, 0.15) is 25.7 Å². The fraction of sp³-hybridized carbons (Fsp3) is 0.500. The molecule has 0 saturated heterocycles. The van der Waals surface area contributed by atoms with Crippen molar-refractivity contribution < 1.29 is 9.59 Å². The van der Waals surface area contributed by atoms with Crippen molar-refractivity contribution in [1.82, 2.24) is 20.2 Å². The van der Waals surface area contributed by atoms with Crippen LogP contribution in [-0.4, -0.2) is 28.5 Å². The predicted molar refractivity (Wildman–Crippen MR) is 58.9 cm³/mol.